The fourth-order valence-electron chi connectivity index (χ4n) is 4.39. The number of carbonyl (C=O) groups is 2. The van der Waals surface area contributed by atoms with Crippen LogP contribution in [0.15, 0.2) is 24.3 Å². The Morgan fingerprint density at radius 2 is 1.67 bits per heavy atom. The maximum atomic E-state index is 12.9. The number of hydrogen-bond donors (Lipinski definition) is 1. The highest BCUT2D eigenvalue weighted by Gasteiger charge is 2.27. The number of halogens is 1. The Bertz CT molecular complexity index is 624. The number of piperidine rings is 1. The molecule has 1 aromatic rings. The van der Waals surface area contributed by atoms with Gasteiger partial charge in [-0.1, -0.05) is 25.7 Å². The van der Waals surface area contributed by atoms with E-state index in [1.807, 2.05) is 0 Å². The van der Waals surface area contributed by atoms with Gasteiger partial charge in [0, 0.05) is 37.0 Å². The Morgan fingerprint density at radius 3 is 2.37 bits per heavy atom. The average molecular weight is 375 g/mol. The molecule has 4 nitrogen and oxygen atoms in total. The van der Waals surface area contributed by atoms with Gasteiger partial charge in [0.05, 0.1) is 0 Å². The quantitative estimate of drug-likeness (QED) is 0.603. The van der Waals surface area contributed by atoms with Crippen LogP contribution in [0.1, 0.15) is 74.6 Å². The van der Waals surface area contributed by atoms with Gasteiger partial charge in [0.25, 0.3) is 0 Å². The van der Waals surface area contributed by atoms with Crippen molar-refractivity contribution < 1.29 is 14.0 Å². The number of rotatable bonds is 6. The van der Waals surface area contributed by atoms with Gasteiger partial charge in [0.2, 0.25) is 5.91 Å². The number of likely N-dealkylation sites (tertiary alicyclic amines) is 1. The minimum atomic E-state index is -0.361. The van der Waals surface area contributed by atoms with Gasteiger partial charge in [-0.3, -0.25) is 14.5 Å². The Labute approximate surface area is 161 Å². The van der Waals surface area contributed by atoms with Gasteiger partial charge >= 0.3 is 0 Å². The van der Waals surface area contributed by atoms with Crippen LogP contribution >= 0.6 is 0 Å². The molecule has 0 aromatic heterocycles. The lowest BCUT2D eigenvalue weighted by Crippen LogP contribution is -2.50. The summed E-state index contributed by atoms with van der Waals surface area (Å²) in [5.41, 5.74) is 0.460. The zero-order valence-corrected chi connectivity index (χ0v) is 16.1. The first-order valence-electron chi connectivity index (χ1n) is 10.4. The zero-order chi connectivity index (χ0) is 19.1. The van der Waals surface area contributed by atoms with E-state index in [4.69, 9.17) is 0 Å². The number of hydrogen-bond acceptors (Lipinski definition) is 3. The first-order chi connectivity index (χ1) is 13.1. The Hall–Kier alpha value is -1.75. The monoisotopic (exact) mass is 374 g/mol. The lowest BCUT2D eigenvalue weighted by molar-refractivity contribution is -0.122. The smallest absolute Gasteiger partial charge is 0.220 e. The second kappa shape index (κ2) is 9.98. The van der Waals surface area contributed by atoms with Gasteiger partial charge in [0.1, 0.15) is 5.82 Å². The highest BCUT2D eigenvalue weighted by atomic mass is 19.1. The van der Waals surface area contributed by atoms with Crippen molar-refractivity contribution in [1.29, 1.82) is 0 Å². The van der Waals surface area contributed by atoms with Crippen LogP contribution in [-0.2, 0) is 4.79 Å². The summed E-state index contributed by atoms with van der Waals surface area (Å²) in [5.74, 6) is -0.535. The normalized spacial score (nSPS) is 22.2. The Balaban J connectivity index is 1.43. The minimum absolute atomic E-state index is 0.0572. The summed E-state index contributed by atoms with van der Waals surface area (Å²) in [7, 11) is 0. The molecule has 2 aliphatic rings. The molecule has 0 unspecified atom stereocenters. The van der Waals surface area contributed by atoms with E-state index in [2.05, 4.69) is 10.2 Å². The molecule has 1 aliphatic heterocycles. The summed E-state index contributed by atoms with van der Waals surface area (Å²) in [6.45, 7) is 2.07. The van der Waals surface area contributed by atoms with Crippen LogP contribution in [0.3, 0.4) is 0 Å². The Morgan fingerprint density at radius 1 is 0.963 bits per heavy atom. The second-order valence-electron chi connectivity index (χ2n) is 7.98. The predicted octanol–water partition coefficient (Wildman–Crippen LogP) is 4.09. The van der Waals surface area contributed by atoms with Gasteiger partial charge in [0.15, 0.2) is 5.78 Å². The van der Waals surface area contributed by atoms with Crippen LogP contribution in [0.2, 0.25) is 0 Å². The van der Waals surface area contributed by atoms with Crippen molar-refractivity contribution in [3.05, 3.63) is 35.6 Å². The molecule has 148 valence electrons. The van der Waals surface area contributed by atoms with Crippen LogP contribution in [0, 0.1) is 5.82 Å². The summed E-state index contributed by atoms with van der Waals surface area (Å²) in [5, 5.41) is 3.13. The summed E-state index contributed by atoms with van der Waals surface area (Å²) >= 11 is 0. The fraction of sp³-hybridized carbons (Fsp3) is 0.636. The van der Waals surface area contributed by atoms with Crippen molar-refractivity contribution in [2.24, 2.45) is 0 Å². The van der Waals surface area contributed by atoms with Gasteiger partial charge in [-0.05, 0) is 56.5 Å². The summed E-state index contributed by atoms with van der Waals surface area (Å²) in [6.07, 6.45) is 10.4. The number of Topliss-reactive ketones (excluding diaryl/α,β-unsaturated/α-hetero) is 1. The third-order valence-electron chi connectivity index (χ3n) is 5.90. The molecule has 0 spiro atoms. The third kappa shape index (κ3) is 6.13. The molecule has 1 saturated heterocycles. The average Bonchev–Trinajstić information content (AvgIpc) is 2.96. The van der Waals surface area contributed by atoms with E-state index in [0.717, 1.165) is 25.9 Å². The van der Waals surface area contributed by atoms with Crippen molar-refractivity contribution in [3.63, 3.8) is 0 Å². The number of nitrogens with zero attached hydrogens (tertiary/aromatic N) is 1. The van der Waals surface area contributed by atoms with Crippen LogP contribution in [0.5, 0.6) is 0 Å². The number of benzene rings is 1. The molecule has 1 N–H and O–H groups in total. The van der Waals surface area contributed by atoms with Gasteiger partial charge in [-0.15, -0.1) is 0 Å². The van der Waals surface area contributed by atoms with E-state index in [-0.39, 0.29) is 36.4 Å². The molecule has 3 rings (SSSR count). The minimum Gasteiger partial charge on any atom is -0.352 e. The standard InChI is InChI=1S/C22H31FN2O2/c23-18-11-9-17(10-12-18)21(26)13-14-22(27)24-19-6-5-15-25(16-19)20-7-3-1-2-4-8-20/h9-12,19-20H,1-8,13-16H2,(H,24,27)/t19-/m1/s1. The highest BCUT2D eigenvalue weighted by Crippen LogP contribution is 2.24. The van der Waals surface area contributed by atoms with Gasteiger partial charge in [-0.25, -0.2) is 4.39 Å². The number of carbonyl (C=O) groups excluding carboxylic acids is 2. The summed E-state index contributed by atoms with van der Waals surface area (Å²) in [4.78, 5) is 27.0. The second-order valence-corrected chi connectivity index (χ2v) is 7.98. The molecule has 2 fully saturated rings. The summed E-state index contributed by atoms with van der Waals surface area (Å²) in [6, 6.07) is 6.36. The number of nitrogens with one attached hydrogen (secondary N) is 1. The molecule has 0 radical (unpaired) electrons. The highest BCUT2D eigenvalue weighted by molar-refractivity contribution is 5.97. The molecule has 27 heavy (non-hydrogen) atoms. The predicted molar refractivity (Wildman–Crippen MR) is 104 cm³/mol. The van der Waals surface area contributed by atoms with Crippen molar-refractivity contribution in [2.45, 2.75) is 76.3 Å². The van der Waals surface area contributed by atoms with Crippen molar-refractivity contribution in [2.75, 3.05) is 13.1 Å². The van der Waals surface area contributed by atoms with E-state index in [0.29, 0.717) is 11.6 Å². The molecule has 1 amide bonds. The topological polar surface area (TPSA) is 49.4 Å². The van der Waals surface area contributed by atoms with Crippen molar-refractivity contribution in [3.8, 4) is 0 Å². The lowest BCUT2D eigenvalue weighted by Gasteiger charge is -2.38. The zero-order valence-electron chi connectivity index (χ0n) is 16.1. The van der Waals surface area contributed by atoms with E-state index >= 15 is 0 Å². The van der Waals surface area contributed by atoms with E-state index in [1.165, 1.54) is 62.8 Å². The summed E-state index contributed by atoms with van der Waals surface area (Å²) < 4.78 is 12.9. The van der Waals surface area contributed by atoms with Crippen molar-refractivity contribution >= 4 is 11.7 Å². The van der Waals surface area contributed by atoms with Crippen LogP contribution in [0.4, 0.5) is 4.39 Å². The maximum Gasteiger partial charge on any atom is 0.220 e. The van der Waals surface area contributed by atoms with E-state index < -0.39 is 0 Å². The van der Waals surface area contributed by atoms with Crippen LogP contribution < -0.4 is 5.32 Å². The van der Waals surface area contributed by atoms with Crippen molar-refractivity contribution in [1.82, 2.24) is 10.2 Å². The first-order valence-corrected chi connectivity index (χ1v) is 10.4. The molecule has 1 atom stereocenters. The first kappa shape index (κ1) is 20.0. The fourth-order valence-corrected chi connectivity index (χ4v) is 4.39. The maximum absolute atomic E-state index is 12.9. The molecule has 0 bridgehead atoms. The van der Waals surface area contributed by atoms with Crippen LogP contribution in [0.25, 0.3) is 0 Å². The SMILES string of the molecule is O=C(CCC(=O)c1ccc(F)cc1)N[C@@H]1CCCN(C2CCCCCC2)C1. The molecule has 1 aromatic carbocycles. The number of amides is 1. The number of ketones is 1. The largest absolute Gasteiger partial charge is 0.352 e. The molecule has 1 aliphatic carbocycles. The molecular formula is C22H31FN2O2. The molecule has 1 saturated carbocycles. The van der Waals surface area contributed by atoms with Crippen LogP contribution in [-0.4, -0.2) is 41.8 Å². The lowest BCUT2D eigenvalue weighted by atomic mass is 9.99. The van der Waals surface area contributed by atoms with E-state index in [9.17, 15) is 14.0 Å². The third-order valence-corrected chi connectivity index (χ3v) is 5.90. The van der Waals surface area contributed by atoms with E-state index in [1.54, 1.807) is 0 Å². The molecular weight excluding hydrogens is 343 g/mol. The molecule has 5 heteroatoms. The van der Waals surface area contributed by atoms with Gasteiger partial charge < -0.3 is 5.32 Å². The molecule has 1 heterocycles. The Kier molecular flexibility index (Phi) is 7.39. The van der Waals surface area contributed by atoms with Gasteiger partial charge in [-0.2, -0.15) is 0 Å².